The Balaban J connectivity index is 2.14. The fourth-order valence-corrected chi connectivity index (χ4v) is 2.56. The van der Waals surface area contributed by atoms with Gasteiger partial charge in [-0.25, -0.2) is 9.18 Å². The summed E-state index contributed by atoms with van der Waals surface area (Å²) in [5, 5.41) is 0.590. The van der Waals surface area contributed by atoms with Crippen molar-refractivity contribution in [2.75, 3.05) is 14.2 Å². The van der Waals surface area contributed by atoms with Crippen LogP contribution >= 0.6 is 0 Å². The third-order valence-corrected chi connectivity index (χ3v) is 3.73. The van der Waals surface area contributed by atoms with Crippen molar-refractivity contribution in [3.05, 3.63) is 65.6 Å². The molecule has 0 unspecified atom stereocenters. The maximum absolute atomic E-state index is 13.9. The molecule has 0 amide bonds. The third kappa shape index (κ3) is 2.52. The van der Waals surface area contributed by atoms with Gasteiger partial charge in [-0.2, -0.15) is 0 Å². The molecule has 1 aromatic heterocycles. The molecule has 3 aromatic rings. The van der Waals surface area contributed by atoms with Crippen LogP contribution in [-0.4, -0.2) is 30.7 Å². The summed E-state index contributed by atoms with van der Waals surface area (Å²) in [5.41, 5.74) is 0.958. The first kappa shape index (κ1) is 15.7. The molecular weight excluding hydrogens is 313 g/mol. The Labute approximate surface area is 137 Å². The highest BCUT2D eigenvalue weighted by atomic mass is 19.1. The van der Waals surface area contributed by atoms with Gasteiger partial charge in [0.25, 0.3) is 5.91 Å². The molecule has 0 radical (unpaired) electrons. The summed E-state index contributed by atoms with van der Waals surface area (Å²) in [4.78, 5) is 24.7. The number of fused-ring (bicyclic) bond motifs is 1. The van der Waals surface area contributed by atoms with Gasteiger partial charge in [0.2, 0.25) is 0 Å². The SMILES string of the molecule is COC(=O)c1cn(C(=O)c2ccc(OC)c(F)c2)c2ccccc12. The van der Waals surface area contributed by atoms with Crippen molar-refractivity contribution in [1.29, 1.82) is 0 Å². The summed E-state index contributed by atoms with van der Waals surface area (Å²) in [6, 6.07) is 10.9. The molecule has 5 nitrogen and oxygen atoms in total. The highest BCUT2D eigenvalue weighted by Gasteiger charge is 2.20. The van der Waals surface area contributed by atoms with E-state index in [1.807, 2.05) is 0 Å². The minimum absolute atomic E-state index is 0.0548. The number of halogens is 1. The van der Waals surface area contributed by atoms with Gasteiger partial charge in [0.1, 0.15) is 0 Å². The van der Waals surface area contributed by atoms with E-state index in [0.717, 1.165) is 6.07 Å². The molecule has 1 heterocycles. The quantitative estimate of drug-likeness (QED) is 0.693. The Hall–Kier alpha value is -3.15. The first-order valence-corrected chi connectivity index (χ1v) is 7.13. The topological polar surface area (TPSA) is 57.5 Å². The van der Waals surface area contributed by atoms with E-state index < -0.39 is 17.7 Å². The number of nitrogens with zero attached hydrogens (tertiary/aromatic N) is 1. The summed E-state index contributed by atoms with van der Waals surface area (Å²) in [7, 11) is 2.62. The Morgan fingerprint density at radius 3 is 2.50 bits per heavy atom. The lowest BCUT2D eigenvalue weighted by Gasteiger charge is -2.06. The maximum Gasteiger partial charge on any atom is 0.340 e. The summed E-state index contributed by atoms with van der Waals surface area (Å²) in [6.07, 6.45) is 1.40. The lowest BCUT2D eigenvalue weighted by Crippen LogP contribution is -2.11. The van der Waals surface area contributed by atoms with Gasteiger partial charge < -0.3 is 9.47 Å². The van der Waals surface area contributed by atoms with Crippen molar-refractivity contribution in [1.82, 2.24) is 4.57 Å². The average Bonchev–Trinajstić information content (AvgIpc) is 3.00. The number of ether oxygens (including phenoxy) is 2. The molecule has 0 saturated carbocycles. The molecule has 24 heavy (non-hydrogen) atoms. The van der Waals surface area contributed by atoms with E-state index in [4.69, 9.17) is 9.47 Å². The highest BCUT2D eigenvalue weighted by molar-refractivity contribution is 6.09. The Kier molecular flexibility index (Phi) is 4.04. The van der Waals surface area contributed by atoms with Gasteiger partial charge in [0.05, 0.1) is 25.3 Å². The van der Waals surface area contributed by atoms with Crippen LogP contribution in [0.1, 0.15) is 20.7 Å². The van der Waals surface area contributed by atoms with Crippen LogP contribution in [0.25, 0.3) is 10.9 Å². The van der Waals surface area contributed by atoms with E-state index in [0.29, 0.717) is 10.9 Å². The minimum Gasteiger partial charge on any atom is -0.494 e. The molecule has 0 bridgehead atoms. The van der Waals surface area contributed by atoms with Crippen LogP contribution in [0, 0.1) is 5.82 Å². The van der Waals surface area contributed by atoms with Crippen LogP contribution < -0.4 is 4.74 Å². The van der Waals surface area contributed by atoms with Gasteiger partial charge in [0.15, 0.2) is 11.6 Å². The smallest absolute Gasteiger partial charge is 0.340 e. The molecule has 3 rings (SSSR count). The lowest BCUT2D eigenvalue weighted by molar-refractivity contribution is 0.0603. The van der Waals surface area contributed by atoms with Gasteiger partial charge in [-0.1, -0.05) is 18.2 Å². The summed E-state index contributed by atoms with van der Waals surface area (Å²) in [6.45, 7) is 0. The fraction of sp³-hybridized carbons (Fsp3) is 0.111. The zero-order valence-corrected chi connectivity index (χ0v) is 13.1. The van der Waals surface area contributed by atoms with Crippen LogP contribution in [-0.2, 0) is 4.74 Å². The van der Waals surface area contributed by atoms with Crippen molar-refractivity contribution in [3.8, 4) is 5.75 Å². The van der Waals surface area contributed by atoms with E-state index in [2.05, 4.69) is 0 Å². The van der Waals surface area contributed by atoms with Crippen molar-refractivity contribution < 1.29 is 23.5 Å². The van der Waals surface area contributed by atoms with Gasteiger partial charge in [-0.15, -0.1) is 0 Å². The van der Waals surface area contributed by atoms with Crippen molar-refractivity contribution in [3.63, 3.8) is 0 Å². The number of esters is 1. The highest BCUT2D eigenvalue weighted by Crippen LogP contribution is 2.24. The molecule has 0 aliphatic heterocycles. The largest absolute Gasteiger partial charge is 0.494 e. The molecule has 0 fully saturated rings. The number of carbonyl (C=O) groups excluding carboxylic acids is 2. The molecular formula is C18H14FNO4. The number of rotatable bonds is 3. The number of carbonyl (C=O) groups is 2. The van der Waals surface area contributed by atoms with Gasteiger partial charge in [-0.05, 0) is 24.3 Å². The molecule has 2 aromatic carbocycles. The number of benzene rings is 2. The van der Waals surface area contributed by atoms with Gasteiger partial charge in [0, 0.05) is 17.1 Å². The fourth-order valence-electron chi connectivity index (χ4n) is 2.56. The molecule has 0 saturated heterocycles. The number of hydrogen-bond donors (Lipinski definition) is 0. The van der Waals surface area contributed by atoms with Crippen LogP contribution in [0.15, 0.2) is 48.7 Å². The van der Waals surface area contributed by atoms with E-state index >= 15 is 0 Å². The lowest BCUT2D eigenvalue weighted by atomic mass is 10.2. The molecule has 0 aliphatic carbocycles. The molecule has 122 valence electrons. The molecule has 6 heteroatoms. The predicted molar refractivity (Wildman–Crippen MR) is 86.0 cm³/mol. The second-order valence-corrected chi connectivity index (χ2v) is 5.08. The second kappa shape index (κ2) is 6.16. The van der Waals surface area contributed by atoms with Crippen molar-refractivity contribution in [2.24, 2.45) is 0 Å². The van der Waals surface area contributed by atoms with E-state index in [-0.39, 0.29) is 16.9 Å². The zero-order chi connectivity index (χ0) is 17.3. The standard InChI is InChI=1S/C18H14FNO4/c1-23-16-8-7-11(9-14(16)19)17(21)20-10-13(18(22)24-2)12-5-3-4-6-15(12)20/h3-10H,1-2H3. The Morgan fingerprint density at radius 2 is 1.83 bits per heavy atom. The van der Waals surface area contributed by atoms with Crippen LogP contribution in [0.2, 0.25) is 0 Å². The van der Waals surface area contributed by atoms with Gasteiger partial charge in [-0.3, -0.25) is 9.36 Å². The third-order valence-electron chi connectivity index (χ3n) is 3.73. The predicted octanol–water partition coefficient (Wildman–Crippen LogP) is 3.26. The normalized spacial score (nSPS) is 10.6. The number of hydrogen-bond acceptors (Lipinski definition) is 4. The monoisotopic (exact) mass is 327 g/mol. The number of aromatic nitrogens is 1. The summed E-state index contributed by atoms with van der Waals surface area (Å²) < 4.78 is 24.8. The van der Waals surface area contributed by atoms with Crippen LogP contribution in [0.3, 0.4) is 0 Å². The molecule has 0 atom stereocenters. The van der Waals surface area contributed by atoms with Crippen molar-refractivity contribution in [2.45, 2.75) is 0 Å². The summed E-state index contributed by atoms with van der Waals surface area (Å²) in [5.74, 6) is -1.58. The number of methoxy groups -OCH3 is 2. The van der Waals surface area contributed by atoms with Crippen molar-refractivity contribution >= 4 is 22.8 Å². The Morgan fingerprint density at radius 1 is 1.08 bits per heavy atom. The van der Waals surface area contributed by atoms with E-state index in [9.17, 15) is 14.0 Å². The maximum atomic E-state index is 13.9. The van der Waals surface area contributed by atoms with Gasteiger partial charge >= 0.3 is 5.97 Å². The number of para-hydroxylation sites is 1. The minimum atomic E-state index is -0.631. The van der Waals surface area contributed by atoms with E-state index in [1.165, 1.54) is 37.1 Å². The molecule has 0 spiro atoms. The second-order valence-electron chi connectivity index (χ2n) is 5.08. The Bertz CT molecular complexity index is 945. The zero-order valence-electron chi connectivity index (χ0n) is 13.1. The average molecular weight is 327 g/mol. The molecule has 0 aliphatic rings. The first-order valence-electron chi connectivity index (χ1n) is 7.13. The van der Waals surface area contributed by atoms with Crippen LogP contribution in [0.4, 0.5) is 4.39 Å². The summed E-state index contributed by atoms with van der Waals surface area (Å²) >= 11 is 0. The first-order chi connectivity index (χ1) is 11.6. The molecule has 0 N–H and O–H groups in total. The van der Waals surface area contributed by atoms with E-state index in [1.54, 1.807) is 24.3 Å². The van der Waals surface area contributed by atoms with Crippen LogP contribution in [0.5, 0.6) is 5.75 Å².